The van der Waals surface area contributed by atoms with E-state index in [0.717, 1.165) is 17.0 Å². The van der Waals surface area contributed by atoms with E-state index in [0.29, 0.717) is 18.0 Å². The van der Waals surface area contributed by atoms with Crippen LogP contribution in [-0.2, 0) is 0 Å². The van der Waals surface area contributed by atoms with Crippen molar-refractivity contribution in [3.8, 4) is 17.0 Å². The van der Waals surface area contributed by atoms with E-state index < -0.39 is 0 Å². The Balaban J connectivity index is 2.56. The summed E-state index contributed by atoms with van der Waals surface area (Å²) in [4.78, 5) is 19.4. The van der Waals surface area contributed by atoms with Crippen LogP contribution in [0.3, 0.4) is 0 Å². The topological polar surface area (TPSA) is 55.0 Å². The second-order valence-corrected chi connectivity index (χ2v) is 5.04. The summed E-state index contributed by atoms with van der Waals surface area (Å²) in [5.74, 6) is 1.67. The minimum Gasteiger partial charge on any atom is -0.494 e. The molecule has 0 atom stereocenters. The Kier molecular flexibility index (Phi) is 4.23. The van der Waals surface area contributed by atoms with Crippen LogP contribution < -0.4 is 10.3 Å². The zero-order valence-electron chi connectivity index (χ0n) is 12.4. The summed E-state index contributed by atoms with van der Waals surface area (Å²) in [6.07, 6.45) is 0. The monoisotopic (exact) mass is 272 g/mol. The zero-order valence-corrected chi connectivity index (χ0v) is 12.4. The lowest BCUT2D eigenvalue weighted by atomic mass is 10.1. The van der Waals surface area contributed by atoms with Gasteiger partial charge in [0.25, 0.3) is 5.56 Å². The van der Waals surface area contributed by atoms with Crippen molar-refractivity contribution in [1.82, 2.24) is 9.97 Å². The molecule has 0 saturated carbocycles. The fourth-order valence-electron chi connectivity index (χ4n) is 2.00. The summed E-state index contributed by atoms with van der Waals surface area (Å²) < 4.78 is 5.50. The number of H-pyrrole nitrogens is 1. The molecule has 20 heavy (non-hydrogen) atoms. The lowest BCUT2D eigenvalue weighted by molar-refractivity contribution is 0.340. The minimum absolute atomic E-state index is 0.0829. The van der Waals surface area contributed by atoms with Crippen molar-refractivity contribution >= 4 is 0 Å². The highest BCUT2D eigenvalue weighted by molar-refractivity contribution is 5.64. The number of aromatic nitrogens is 2. The van der Waals surface area contributed by atoms with Crippen molar-refractivity contribution in [3.63, 3.8) is 0 Å². The van der Waals surface area contributed by atoms with Crippen LogP contribution in [0.5, 0.6) is 5.75 Å². The number of ether oxygens (including phenoxy) is 1. The summed E-state index contributed by atoms with van der Waals surface area (Å²) >= 11 is 0. The Morgan fingerprint density at radius 3 is 2.75 bits per heavy atom. The molecule has 0 aliphatic heterocycles. The van der Waals surface area contributed by atoms with Gasteiger partial charge in [0.2, 0.25) is 0 Å². The van der Waals surface area contributed by atoms with E-state index in [1.807, 2.05) is 45.0 Å². The Labute approximate surface area is 118 Å². The van der Waals surface area contributed by atoms with E-state index in [2.05, 4.69) is 9.97 Å². The lowest BCUT2D eigenvalue weighted by Crippen LogP contribution is -2.16. The average molecular weight is 272 g/mol. The molecule has 0 spiro atoms. The van der Waals surface area contributed by atoms with Crippen LogP contribution in [0.4, 0.5) is 0 Å². The SMILES string of the molecule is CCOc1cccc(-c2nc(C(C)C)[nH]c(=O)c2C)c1. The number of rotatable bonds is 4. The van der Waals surface area contributed by atoms with Crippen molar-refractivity contribution in [2.24, 2.45) is 0 Å². The molecule has 4 heteroatoms. The van der Waals surface area contributed by atoms with E-state index in [1.165, 1.54) is 0 Å². The van der Waals surface area contributed by atoms with Gasteiger partial charge in [0.1, 0.15) is 11.6 Å². The molecular formula is C16H20N2O2. The summed E-state index contributed by atoms with van der Waals surface area (Å²) in [7, 11) is 0. The third kappa shape index (κ3) is 2.90. The van der Waals surface area contributed by atoms with Gasteiger partial charge >= 0.3 is 0 Å². The molecule has 0 unspecified atom stereocenters. The maximum Gasteiger partial charge on any atom is 0.254 e. The van der Waals surface area contributed by atoms with Crippen molar-refractivity contribution in [3.05, 3.63) is 46.0 Å². The second-order valence-electron chi connectivity index (χ2n) is 5.04. The van der Waals surface area contributed by atoms with Crippen LogP contribution in [0.25, 0.3) is 11.3 Å². The minimum atomic E-state index is -0.0829. The van der Waals surface area contributed by atoms with Crippen LogP contribution >= 0.6 is 0 Å². The van der Waals surface area contributed by atoms with Crippen molar-refractivity contribution in [1.29, 1.82) is 0 Å². The van der Waals surface area contributed by atoms with Gasteiger partial charge in [-0.25, -0.2) is 4.98 Å². The highest BCUT2D eigenvalue weighted by Gasteiger charge is 2.12. The van der Waals surface area contributed by atoms with Crippen molar-refractivity contribution in [2.75, 3.05) is 6.61 Å². The van der Waals surface area contributed by atoms with E-state index in [4.69, 9.17) is 4.74 Å². The van der Waals surface area contributed by atoms with E-state index in [-0.39, 0.29) is 11.5 Å². The average Bonchev–Trinajstić information content (AvgIpc) is 2.42. The van der Waals surface area contributed by atoms with Gasteiger partial charge < -0.3 is 9.72 Å². The molecule has 106 valence electrons. The second kappa shape index (κ2) is 5.90. The van der Waals surface area contributed by atoms with Gasteiger partial charge in [-0.1, -0.05) is 26.0 Å². The normalized spacial score (nSPS) is 10.8. The number of aromatic amines is 1. The fourth-order valence-corrected chi connectivity index (χ4v) is 2.00. The predicted molar refractivity (Wildman–Crippen MR) is 80.3 cm³/mol. The van der Waals surface area contributed by atoms with Crippen LogP contribution in [0, 0.1) is 6.92 Å². The summed E-state index contributed by atoms with van der Waals surface area (Å²) in [5.41, 5.74) is 2.17. The first-order valence-corrected chi connectivity index (χ1v) is 6.87. The molecule has 0 amide bonds. The summed E-state index contributed by atoms with van der Waals surface area (Å²) in [6.45, 7) is 8.36. The predicted octanol–water partition coefficient (Wildman–Crippen LogP) is 3.27. The van der Waals surface area contributed by atoms with Gasteiger partial charge in [-0.3, -0.25) is 4.79 Å². The van der Waals surface area contributed by atoms with Gasteiger partial charge in [-0.15, -0.1) is 0 Å². The van der Waals surface area contributed by atoms with Crippen LogP contribution in [0.1, 0.15) is 38.1 Å². The third-order valence-corrected chi connectivity index (χ3v) is 3.14. The first kappa shape index (κ1) is 14.3. The molecule has 0 saturated heterocycles. The quantitative estimate of drug-likeness (QED) is 0.929. The fraction of sp³-hybridized carbons (Fsp3) is 0.375. The van der Waals surface area contributed by atoms with E-state index in [1.54, 1.807) is 6.92 Å². The maximum atomic E-state index is 12.0. The highest BCUT2D eigenvalue weighted by Crippen LogP contribution is 2.24. The maximum absolute atomic E-state index is 12.0. The molecular weight excluding hydrogens is 252 g/mol. The summed E-state index contributed by atoms with van der Waals surface area (Å²) in [6, 6.07) is 7.68. The van der Waals surface area contributed by atoms with Crippen molar-refractivity contribution in [2.45, 2.75) is 33.6 Å². The Bertz CT molecular complexity index is 660. The Hall–Kier alpha value is -2.10. The molecule has 1 N–H and O–H groups in total. The largest absolute Gasteiger partial charge is 0.494 e. The van der Waals surface area contributed by atoms with Gasteiger partial charge in [0, 0.05) is 17.0 Å². The molecule has 4 nitrogen and oxygen atoms in total. The molecule has 0 aliphatic carbocycles. The molecule has 2 aromatic rings. The van der Waals surface area contributed by atoms with Gasteiger partial charge in [0.05, 0.1) is 12.3 Å². The first-order chi connectivity index (χ1) is 9.52. The lowest BCUT2D eigenvalue weighted by Gasteiger charge is -2.11. The number of nitrogens with one attached hydrogen (secondary N) is 1. The number of benzene rings is 1. The molecule has 2 rings (SSSR count). The number of hydrogen-bond acceptors (Lipinski definition) is 3. The Morgan fingerprint density at radius 2 is 2.10 bits per heavy atom. The zero-order chi connectivity index (χ0) is 14.7. The molecule has 0 fully saturated rings. The number of hydrogen-bond donors (Lipinski definition) is 1. The van der Waals surface area contributed by atoms with Crippen LogP contribution in [0.2, 0.25) is 0 Å². The molecule has 0 radical (unpaired) electrons. The smallest absolute Gasteiger partial charge is 0.254 e. The molecule has 0 aliphatic rings. The van der Waals surface area contributed by atoms with Crippen LogP contribution in [-0.4, -0.2) is 16.6 Å². The molecule has 1 aromatic heterocycles. The highest BCUT2D eigenvalue weighted by atomic mass is 16.5. The first-order valence-electron chi connectivity index (χ1n) is 6.87. The molecule has 1 heterocycles. The standard InChI is InChI=1S/C16H20N2O2/c1-5-20-13-8-6-7-12(9-13)14-11(4)16(19)18-15(17-14)10(2)3/h6-10H,5H2,1-4H3,(H,17,18,19). The Morgan fingerprint density at radius 1 is 1.35 bits per heavy atom. The van der Waals surface area contributed by atoms with E-state index in [9.17, 15) is 4.79 Å². The molecule has 1 aromatic carbocycles. The van der Waals surface area contributed by atoms with Crippen LogP contribution in [0.15, 0.2) is 29.1 Å². The van der Waals surface area contributed by atoms with Crippen molar-refractivity contribution < 1.29 is 4.74 Å². The van der Waals surface area contributed by atoms with Gasteiger partial charge in [-0.2, -0.15) is 0 Å². The number of nitrogens with zero attached hydrogens (tertiary/aromatic N) is 1. The van der Waals surface area contributed by atoms with Gasteiger partial charge in [-0.05, 0) is 26.0 Å². The summed E-state index contributed by atoms with van der Waals surface area (Å²) in [5, 5.41) is 0. The third-order valence-electron chi connectivity index (χ3n) is 3.14. The van der Waals surface area contributed by atoms with E-state index >= 15 is 0 Å². The molecule has 0 bridgehead atoms. The van der Waals surface area contributed by atoms with Gasteiger partial charge in [0.15, 0.2) is 0 Å².